The first-order valence-electron chi connectivity index (χ1n) is 20.0. The summed E-state index contributed by atoms with van der Waals surface area (Å²) in [4.78, 5) is 51.6. The van der Waals surface area contributed by atoms with E-state index in [2.05, 4.69) is 23.8 Å². The van der Waals surface area contributed by atoms with Crippen molar-refractivity contribution in [1.82, 2.24) is 0 Å². The van der Waals surface area contributed by atoms with Crippen LogP contribution in [0.2, 0.25) is 0 Å². The third kappa shape index (κ3) is 8.50. The van der Waals surface area contributed by atoms with E-state index in [1.165, 1.54) is 7.11 Å². The molecule has 3 aliphatic heterocycles. The Morgan fingerprint density at radius 3 is 2.37 bits per heavy atom. The maximum Gasteiger partial charge on any atom is 0.307 e. The van der Waals surface area contributed by atoms with Crippen LogP contribution >= 0.6 is 0 Å². The van der Waals surface area contributed by atoms with Crippen molar-refractivity contribution in [2.24, 2.45) is 9.98 Å². The lowest BCUT2D eigenvalue weighted by molar-refractivity contribution is -0.141. The number of esters is 1. The number of methoxy groups -OCH3 is 2. The summed E-state index contributed by atoms with van der Waals surface area (Å²) >= 11 is 0. The maximum atomic E-state index is 13.9. The second kappa shape index (κ2) is 18.0. The number of aliphatic imine (C=N–C) groups is 2. The molecule has 0 unspecified atom stereocenters. The largest absolute Gasteiger partial charge is 0.493 e. The number of nitrogens with zero attached hydrogens (tertiary/aromatic N) is 4. The van der Waals surface area contributed by atoms with Crippen LogP contribution in [0.3, 0.4) is 0 Å². The van der Waals surface area contributed by atoms with Crippen molar-refractivity contribution >= 4 is 53.5 Å². The minimum atomic E-state index is -0.308. The average molecular weight is 807 g/mol. The summed E-state index contributed by atoms with van der Waals surface area (Å²) in [6, 6.07) is 30.6. The fraction of sp³-hybridized carbons (Fsp3) is 0.271. The van der Waals surface area contributed by atoms with Crippen molar-refractivity contribution in [1.29, 1.82) is 0 Å². The summed E-state index contributed by atoms with van der Waals surface area (Å²) in [5.41, 5.74) is 8.79. The van der Waals surface area contributed by atoms with Crippen LogP contribution in [0, 0.1) is 0 Å². The molecule has 3 heterocycles. The number of rotatable bonds is 16. The number of fused-ring (bicyclic) bond motifs is 5. The first kappa shape index (κ1) is 40.0. The molecule has 5 aromatic carbocycles. The summed E-state index contributed by atoms with van der Waals surface area (Å²) in [6.07, 6.45) is 4.98. The van der Waals surface area contributed by atoms with Crippen molar-refractivity contribution in [3.63, 3.8) is 0 Å². The first-order chi connectivity index (χ1) is 29.3. The zero-order valence-corrected chi connectivity index (χ0v) is 33.7. The lowest BCUT2D eigenvalue weighted by Crippen LogP contribution is -2.37. The molecule has 0 aromatic heterocycles. The van der Waals surface area contributed by atoms with E-state index in [0.29, 0.717) is 72.4 Å². The van der Waals surface area contributed by atoms with Crippen LogP contribution in [-0.2, 0) is 46.7 Å². The highest BCUT2D eigenvalue weighted by Crippen LogP contribution is 2.41. The number of carbonyl (C=O) groups excluding carboxylic acids is 3. The molecule has 1 atom stereocenters. The van der Waals surface area contributed by atoms with Gasteiger partial charge in [0, 0.05) is 49.3 Å². The third-order valence-corrected chi connectivity index (χ3v) is 11.0. The number of aryl methyl sites for hydroxylation is 1. The fourth-order valence-electron chi connectivity index (χ4n) is 8.01. The topological polar surface area (TPSA) is 129 Å². The Bertz CT molecular complexity index is 2480. The number of para-hydroxylation sites is 2. The number of carbonyl (C=O) groups is 3. The van der Waals surface area contributed by atoms with Gasteiger partial charge in [0.15, 0.2) is 11.5 Å². The number of hydrogen-bond acceptors (Lipinski definition) is 10. The van der Waals surface area contributed by atoms with E-state index in [-0.39, 0.29) is 43.5 Å². The molecule has 0 saturated carbocycles. The highest BCUT2D eigenvalue weighted by atomic mass is 16.5. The van der Waals surface area contributed by atoms with Crippen LogP contribution in [0.25, 0.3) is 0 Å². The Morgan fingerprint density at radius 2 is 1.58 bits per heavy atom. The molecule has 2 amide bonds. The van der Waals surface area contributed by atoms with Gasteiger partial charge in [0.05, 0.1) is 55.8 Å². The molecule has 0 saturated heterocycles. The van der Waals surface area contributed by atoms with Crippen LogP contribution in [0.1, 0.15) is 61.4 Å². The van der Waals surface area contributed by atoms with Gasteiger partial charge in [0.25, 0.3) is 11.8 Å². The van der Waals surface area contributed by atoms with Crippen LogP contribution < -0.4 is 24.0 Å². The number of benzene rings is 5. The Balaban J connectivity index is 0.988. The number of ether oxygens (including phenoxy) is 5. The molecule has 8 rings (SSSR count). The smallest absolute Gasteiger partial charge is 0.307 e. The summed E-state index contributed by atoms with van der Waals surface area (Å²) < 4.78 is 28.8. The highest BCUT2D eigenvalue weighted by Gasteiger charge is 2.36. The molecule has 0 bridgehead atoms. The second-order valence-corrected chi connectivity index (χ2v) is 14.8. The maximum absolute atomic E-state index is 13.9. The second-order valence-electron chi connectivity index (χ2n) is 14.8. The summed E-state index contributed by atoms with van der Waals surface area (Å²) in [5.74, 6) is 0.862. The molecular weight excluding hydrogens is 761 g/mol. The highest BCUT2D eigenvalue weighted by molar-refractivity contribution is 6.15. The summed E-state index contributed by atoms with van der Waals surface area (Å²) in [6.45, 7) is 5.55. The van der Waals surface area contributed by atoms with Crippen LogP contribution in [0.4, 0.5) is 22.7 Å². The fourth-order valence-corrected chi connectivity index (χ4v) is 8.01. The van der Waals surface area contributed by atoms with Crippen molar-refractivity contribution in [3.8, 4) is 17.2 Å². The summed E-state index contributed by atoms with van der Waals surface area (Å²) in [5, 5.41) is 0. The van der Waals surface area contributed by atoms with Crippen LogP contribution in [0.5, 0.6) is 17.2 Å². The van der Waals surface area contributed by atoms with E-state index in [1.54, 1.807) is 47.2 Å². The quantitative estimate of drug-likeness (QED) is 0.0555. The number of anilines is 2. The van der Waals surface area contributed by atoms with Gasteiger partial charge in [-0.15, -0.1) is 0 Å². The van der Waals surface area contributed by atoms with E-state index in [9.17, 15) is 14.4 Å². The molecule has 12 heteroatoms. The zero-order valence-electron chi connectivity index (χ0n) is 33.7. The van der Waals surface area contributed by atoms with Crippen molar-refractivity contribution in [2.45, 2.75) is 51.4 Å². The molecular formula is C48H46N4O8. The minimum Gasteiger partial charge on any atom is -0.493 e. The molecule has 306 valence electrons. The van der Waals surface area contributed by atoms with Crippen LogP contribution in [-0.4, -0.2) is 70.7 Å². The zero-order chi connectivity index (χ0) is 41.6. The molecule has 12 nitrogen and oxygen atoms in total. The third-order valence-electron chi connectivity index (χ3n) is 11.0. The Morgan fingerprint density at radius 1 is 0.833 bits per heavy atom. The van der Waals surface area contributed by atoms with E-state index in [0.717, 1.165) is 52.0 Å². The van der Waals surface area contributed by atoms with Crippen molar-refractivity contribution < 1.29 is 38.1 Å². The standard InChI is InChI=1S/C48H46N4O8/c1-49-40-25-37(14-15-38(40)47(54)51-18-16-34-10-4-6-12-42(34)51)59-29-32-21-31(9-8-19-58-20-17-46(53)57-3)22-33(23-32)30-60-45-27-41-39(26-44(45)56-2)48(55)52-36(28-50-41)24-35-11-5-7-13-43(35)52/h4-7,10-15,21-23,25-28,36H,1,8-9,16-20,24,29-30H2,2-3H3/t36-/m0/s1. The van der Waals surface area contributed by atoms with E-state index < -0.39 is 0 Å². The van der Waals surface area contributed by atoms with Gasteiger partial charge in [-0.3, -0.25) is 29.3 Å². The van der Waals surface area contributed by atoms with Crippen molar-refractivity contribution in [2.75, 3.05) is 43.8 Å². The Labute approximate surface area is 349 Å². The minimum absolute atomic E-state index is 0.129. The molecule has 60 heavy (non-hydrogen) atoms. The van der Waals surface area contributed by atoms with Crippen molar-refractivity contribution in [3.05, 3.63) is 136 Å². The Kier molecular flexibility index (Phi) is 12.0. The summed E-state index contributed by atoms with van der Waals surface area (Å²) in [7, 11) is 2.91. The van der Waals surface area contributed by atoms with E-state index in [4.69, 9.17) is 28.7 Å². The van der Waals surface area contributed by atoms with E-state index in [1.807, 2.05) is 60.8 Å². The Hall–Kier alpha value is -6.79. The van der Waals surface area contributed by atoms with Crippen LogP contribution in [0.15, 0.2) is 107 Å². The molecule has 0 N–H and O–H groups in total. The van der Waals surface area contributed by atoms with Gasteiger partial charge in [-0.1, -0.05) is 48.5 Å². The van der Waals surface area contributed by atoms with E-state index >= 15 is 0 Å². The first-order valence-corrected chi connectivity index (χ1v) is 20.0. The van der Waals surface area contributed by atoms with Gasteiger partial charge in [0.1, 0.15) is 19.0 Å². The lowest BCUT2D eigenvalue weighted by atomic mass is 10.0. The monoisotopic (exact) mass is 806 g/mol. The van der Waals surface area contributed by atoms with Gasteiger partial charge < -0.3 is 28.6 Å². The molecule has 3 aliphatic rings. The van der Waals surface area contributed by atoms with Gasteiger partial charge in [0.2, 0.25) is 0 Å². The molecule has 0 aliphatic carbocycles. The SMILES string of the molecule is C=Nc1cc(OCc2cc(CCCOCCC(=O)OC)cc(COc3cc4c(cc3OC)C(=O)N3c5ccccc5C[C@H]3C=N4)c2)ccc1C(=O)N1CCc2ccccc21. The van der Waals surface area contributed by atoms with Gasteiger partial charge in [-0.2, -0.15) is 0 Å². The van der Waals surface area contributed by atoms with Gasteiger partial charge >= 0.3 is 5.97 Å². The number of hydrogen-bond donors (Lipinski definition) is 0. The van der Waals surface area contributed by atoms with Gasteiger partial charge in [-0.05, 0) is 90.2 Å². The lowest BCUT2D eigenvalue weighted by Gasteiger charge is -2.22. The number of amides is 2. The average Bonchev–Trinajstić information content (AvgIpc) is 3.85. The predicted octanol–water partition coefficient (Wildman–Crippen LogP) is 8.19. The molecule has 0 spiro atoms. The van der Waals surface area contributed by atoms with Gasteiger partial charge in [-0.25, -0.2) is 0 Å². The normalized spacial score (nSPS) is 14.8. The predicted molar refractivity (Wildman–Crippen MR) is 230 cm³/mol. The molecule has 0 radical (unpaired) electrons. The molecule has 0 fully saturated rings. The molecule has 5 aromatic rings.